The molecule has 1 amide bonds. The minimum absolute atomic E-state index is 0.117. The Morgan fingerprint density at radius 2 is 1.58 bits per heavy atom. The van der Waals surface area contributed by atoms with Crippen molar-refractivity contribution in [3.8, 4) is 0 Å². The van der Waals surface area contributed by atoms with E-state index in [4.69, 9.17) is 14.5 Å². The summed E-state index contributed by atoms with van der Waals surface area (Å²) >= 11 is 1.50. The summed E-state index contributed by atoms with van der Waals surface area (Å²) in [6, 6.07) is 10.3. The van der Waals surface area contributed by atoms with Crippen molar-refractivity contribution >= 4 is 42.6 Å². The molecular formula is C27H38N4O5S2. The first-order chi connectivity index (χ1) is 18.1. The number of aryl methyl sites for hydroxylation is 2. The quantitative estimate of drug-likeness (QED) is 0.295. The standard InChI is InChI=1S/C27H38N4O5S2/c1-20-18-21(2)25-24(19-20)37-27(28-25)31(13-7-12-29(3)4)26(32)22-8-10-23(11-9-22)38(33,34)30(14-16-35-5)15-17-36-6/h8-11,18-19H,7,12-17H2,1-6H3. The van der Waals surface area contributed by atoms with Crippen LogP contribution in [0.2, 0.25) is 0 Å². The number of carbonyl (C=O) groups is 1. The van der Waals surface area contributed by atoms with E-state index in [0.717, 1.165) is 34.3 Å². The summed E-state index contributed by atoms with van der Waals surface area (Å²) < 4.78 is 39.0. The zero-order valence-electron chi connectivity index (χ0n) is 23.1. The molecule has 0 saturated carbocycles. The Morgan fingerprint density at radius 1 is 0.947 bits per heavy atom. The van der Waals surface area contributed by atoms with E-state index in [1.807, 2.05) is 27.9 Å². The summed E-state index contributed by atoms with van der Waals surface area (Å²) in [5.74, 6) is -0.211. The van der Waals surface area contributed by atoms with Crippen molar-refractivity contribution < 1.29 is 22.7 Å². The topological polar surface area (TPSA) is 92.3 Å². The molecule has 38 heavy (non-hydrogen) atoms. The molecule has 0 saturated heterocycles. The van der Waals surface area contributed by atoms with E-state index in [-0.39, 0.29) is 37.1 Å². The summed E-state index contributed by atoms with van der Waals surface area (Å²) in [5.41, 5.74) is 3.53. The van der Waals surface area contributed by atoms with Crippen LogP contribution in [0.3, 0.4) is 0 Å². The lowest BCUT2D eigenvalue weighted by molar-refractivity contribution is 0.0986. The Hall–Kier alpha value is -2.41. The fraction of sp³-hybridized carbons (Fsp3) is 0.481. The van der Waals surface area contributed by atoms with Crippen molar-refractivity contribution in [3.63, 3.8) is 0 Å². The second kappa shape index (κ2) is 13.6. The van der Waals surface area contributed by atoms with Gasteiger partial charge in [-0.15, -0.1) is 0 Å². The highest BCUT2D eigenvalue weighted by atomic mass is 32.2. The molecule has 0 unspecified atom stereocenters. The van der Waals surface area contributed by atoms with E-state index in [2.05, 4.69) is 17.0 Å². The van der Waals surface area contributed by atoms with Gasteiger partial charge in [-0.2, -0.15) is 4.31 Å². The lowest BCUT2D eigenvalue weighted by Gasteiger charge is -2.22. The molecule has 0 aliphatic rings. The first kappa shape index (κ1) is 30.1. The molecule has 0 N–H and O–H groups in total. The average Bonchev–Trinajstić information content (AvgIpc) is 3.30. The Kier molecular flexibility index (Phi) is 10.8. The van der Waals surface area contributed by atoms with Gasteiger partial charge in [0.25, 0.3) is 5.91 Å². The van der Waals surface area contributed by atoms with Crippen molar-refractivity contribution in [2.75, 3.05) is 72.6 Å². The fourth-order valence-electron chi connectivity index (χ4n) is 4.12. The summed E-state index contributed by atoms with van der Waals surface area (Å²) in [4.78, 5) is 22.4. The molecule has 208 valence electrons. The number of hydrogen-bond donors (Lipinski definition) is 0. The number of sulfonamides is 1. The van der Waals surface area contributed by atoms with Gasteiger partial charge in [0, 0.05) is 39.4 Å². The van der Waals surface area contributed by atoms with Crippen molar-refractivity contribution in [2.24, 2.45) is 0 Å². The molecule has 0 radical (unpaired) electrons. The smallest absolute Gasteiger partial charge is 0.260 e. The molecule has 1 heterocycles. The van der Waals surface area contributed by atoms with Crippen LogP contribution in [0.15, 0.2) is 41.3 Å². The van der Waals surface area contributed by atoms with Crippen LogP contribution in [0.5, 0.6) is 0 Å². The third kappa shape index (κ3) is 7.37. The van der Waals surface area contributed by atoms with Gasteiger partial charge in [-0.25, -0.2) is 13.4 Å². The number of anilines is 1. The van der Waals surface area contributed by atoms with Crippen molar-refractivity contribution in [3.05, 3.63) is 53.1 Å². The first-order valence-corrected chi connectivity index (χ1v) is 14.8. The molecule has 9 nitrogen and oxygen atoms in total. The summed E-state index contributed by atoms with van der Waals surface area (Å²) in [5, 5.41) is 0.638. The number of hydrogen-bond acceptors (Lipinski definition) is 8. The van der Waals surface area contributed by atoms with Gasteiger partial charge < -0.3 is 14.4 Å². The summed E-state index contributed by atoms with van der Waals surface area (Å²) in [6.07, 6.45) is 0.771. The molecule has 11 heteroatoms. The Bertz CT molecular complexity index is 1320. The molecule has 1 aromatic heterocycles. The fourth-order valence-corrected chi connectivity index (χ4v) is 6.69. The van der Waals surface area contributed by atoms with Gasteiger partial charge in [0.2, 0.25) is 10.0 Å². The highest BCUT2D eigenvalue weighted by Crippen LogP contribution is 2.32. The average molecular weight is 563 g/mol. The molecule has 3 aromatic rings. The zero-order valence-corrected chi connectivity index (χ0v) is 24.7. The molecule has 0 aliphatic carbocycles. The predicted octanol–water partition coefficient (Wildman–Crippen LogP) is 3.80. The van der Waals surface area contributed by atoms with Gasteiger partial charge in [0.05, 0.1) is 28.3 Å². The third-order valence-electron chi connectivity index (χ3n) is 6.11. The second-order valence-corrected chi connectivity index (χ2v) is 12.4. The highest BCUT2D eigenvalue weighted by molar-refractivity contribution is 7.89. The minimum Gasteiger partial charge on any atom is -0.383 e. The SMILES string of the molecule is COCCN(CCOC)S(=O)(=O)c1ccc(C(=O)N(CCCN(C)C)c2nc3c(C)cc(C)cc3s2)cc1. The van der Waals surface area contributed by atoms with E-state index in [9.17, 15) is 13.2 Å². The molecule has 0 spiro atoms. The van der Waals surface area contributed by atoms with Gasteiger partial charge in [-0.05, 0) is 82.4 Å². The van der Waals surface area contributed by atoms with E-state index in [1.54, 1.807) is 17.0 Å². The predicted molar refractivity (Wildman–Crippen MR) is 153 cm³/mol. The molecule has 0 aliphatic heterocycles. The van der Waals surface area contributed by atoms with Crippen LogP contribution in [0, 0.1) is 13.8 Å². The largest absolute Gasteiger partial charge is 0.383 e. The number of fused-ring (bicyclic) bond motifs is 1. The van der Waals surface area contributed by atoms with Gasteiger partial charge in [-0.1, -0.05) is 17.4 Å². The summed E-state index contributed by atoms with van der Waals surface area (Å²) in [7, 11) is 3.27. The van der Waals surface area contributed by atoms with Crippen molar-refractivity contribution in [1.29, 1.82) is 0 Å². The molecular weight excluding hydrogens is 524 g/mol. The van der Waals surface area contributed by atoms with Crippen LogP contribution in [0.1, 0.15) is 27.9 Å². The number of thiazole rings is 1. The van der Waals surface area contributed by atoms with Gasteiger partial charge in [0.15, 0.2) is 5.13 Å². The van der Waals surface area contributed by atoms with Crippen molar-refractivity contribution in [1.82, 2.24) is 14.2 Å². The second-order valence-electron chi connectivity index (χ2n) is 9.45. The van der Waals surface area contributed by atoms with E-state index in [1.165, 1.54) is 42.0 Å². The van der Waals surface area contributed by atoms with Gasteiger partial charge in [-0.3, -0.25) is 9.69 Å². The molecule has 2 aromatic carbocycles. The van der Waals surface area contributed by atoms with Crippen LogP contribution in [-0.2, 0) is 19.5 Å². The maximum absolute atomic E-state index is 13.7. The first-order valence-electron chi connectivity index (χ1n) is 12.5. The monoisotopic (exact) mass is 562 g/mol. The third-order valence-corrected chi connectivity index (χ3v) is 9.05. The number of aromatic nitrogens is 1. The number of benzene rings is 2. The molecule has 0 fully saturated rings. The van der Waals surface area contributed by atoms with E-state index in [0.29, 0.717) is 17.2 Å². The Labute approximate surface area is 230 Å². The van der Waals surface area contributed by atoms with E-state index >= 15 is 0 Å². The number of ether oxygens (including phenoxy) is 2. The lowest BCUT2D eigenvalue weighted by Crippen LogP contribution is -2.36. The number of methoxy groups -OCH3 is 2. The molecule has 3 rings (SSSR count). The van der Waals surface area contributed by atoms with Gasteiger partial charge in [0.1, 0.15) is 0 Å². The van der Waals surface area contributed by atoms with E-state index < -0.39 is 10.0 Å². The lowest BCUT2D eigenvalue weighted by atomic mass is 10.1. The van der Waals surface area contributed by atoms with Crippen LogP contribution in [0.4, 0.5) is 5.13 Å². The highest BCUT2D eigenvalue weighted by Gasteiger charge is 2.26. The normalized spacial score (nSPS) is 12.1. The number of amides is 1. The number of rotatable bonds is 14. The maximum Gasteiger partial charge on any atom is 0.260 e. The zero-order chi connectivity index (χ0) is 27.9. The maximum atomic E-state index is 13.7. The number of carbonyl (C=O) groups excluding carboxylic acids is 1. The van der Waals surface area contributed by atoms with Crippen LogP contribution in [-0.4, -0.2) is 96.2 Å². The molecule has 0 atom stereocenters. The molecule has 0 bridgehead atoms. The van der Waals surface area contributed by atoms with Crippen LogP contribution in [0.25, 0.3) is 10.2 Å². The minimum atomic E-state index is -3.78. The van der Waals surface area contributed by atoms with Crippen LogP contribution >= 0.6 is 11.3 Å². The Balaban J connectivity index is 1.91. The number of nitrogens with zero attached hydrogens (tertiary/aromatic N) is 4. The summed E-state index contributed by atoms with van der Waals surface area (Å²) in [6.45, 7) is 6.34. The van der Waals surface area contributed by atoms with Crippen molar-refractivity contribution in [2.45, 2.75) is 25.2 Å². The van der Waals surface area contributed by atoms with Crippen LogP contribution < -0.4 is 4.90 Å². The van der Waals surface area contributed by atoms with Gasteiger partial charge >= 0.3 is 0 Å². The Morgan fingerprint density at radius 3 is 2.16 bits per heavy atom.